The summed E-state index contributed by atoms with van der Waals surface area (Å²) in [6.07, 6.45) is 0.799. The number of aliphatic imine (C=N–C) groups is 1. The van der Waals surface area contributed by atoms with Gasteiger partial charge < -0.3 is 5.32 Å². The molecule has 0 spiro atoms. The van der Waals surface area contributed by atoms with Crippen molar-refractivity contribution in [2.75, 3.05) is 13.1 Å². The maximum atomic E-state index is 13.1. The normalized spacial score (nSPS) is 17.6. The number of hydrogen-bond acceptors (Lipinski definition) is 3. The van der Waals surface area contributed by atoms with Gasteiger partial charge >= 0.3 is 0 Å². The highest BCUT2D eigenvalue weighted by atomic mass is 32.2. The molecule has 21 heavy (non-hydrogen) atoms. The number of amidine groups is 1. The van der Waals surface area contributed by atoms with Crippen LogP contribution in [0.1, 0.15) is 16.4 Å². The van der Waals surface area contributed by atoms with Gasteiger partial charge in [-0.25, -0.2) is 4.39 Å². The van der Waals surface area contributed by atoms with E-state index in [0.717, 1.165) is 30.2 Å². The van der Waals surface area contributed by atoms with Crippen LogP contribution in [0.15, 0.2) is 59.6 Å². The number of halogens is 1. The summed E-state index contributed by atoms with van der Waals surface area (Å²) in [5.74, 6) is -0.177. The second-order valence-corrected chi connectivity index (χ2v) is 6.16. The molecule has 3 rings (SSSR count). The van der Waals surface area contributed by atoms with Gasteiger partial charge in [-0.05, 0) is 29.7 Å². The molecule has 1 N–H and O–H groups in total. The SMILES string of the molecule is Fc1cccc(CCNC2=NCC(c3ccccc3)S2)c1. The van der Waals surface area contributed by atoms with Crippen molar-refractivity contribution in [3.05, 3.63) is 71.5 Å². The molecule has 2 aromatic carbocycles. The van der Waals surface area contributed by atoms with E-state index in [1.807, 2.05) is 12.1 Å². The zero-order valence-corrected chi connectivity index (χ0v) is 12.4. The molecule has 0 bridgehead atoms. The van der Waals surface area contributed by atoms with Crippen LogP contribution in [0, 0.1) is 5.82 Å². The summed E-state index contributed by atoms with van der Waals surface area (Å²) in [6, 6.07) is 17.2. The second kappa shape index (κ2) is 6.76. The fourth-order valence-electron chi connectivity index (χ4n) is 2.32. The Morgan fingerprint density at radius 3 is 2.81 bits per heavy atom. The average Bonchev–Trinajstić information content (AvgIpc) is 2.97. The Bertz CT molecular complexity index is 628. The summed E-state index contributed by atoms with van der Waals surface area (Å²) in [7, 11) is 0. The fraction of sp³-hybridized carbons (Fsp3) is 0.235. The van der Waals surface area contributed by atoms with Crippen molar-refractivity contribution in [2.24, 2.45) is 4.99 Å². The zero-order chi connectivity index (χ0) is 14.5. The molecule has 2 nitrogen and oxygen atoms in total. The average molecular weight is 300 g/mol. The van der Waals surface area contributed by atoms with Crippen LogP contribution < -0.4 is 5.32 Å². The maximum Gasteiger partial charge on any atom is 0.157 e. The van der Waals surface area contributed by atoms with E-state index < -0.39 is 0 Å². The first-order chi connectivity index (χ1) is 10.3. The van der Waals surface area contributed by atoms with E-state index in [0.29, 0.717) is 5.25 Å². The van der Waals surface area contributed by atoms with Crippen molar-refractivity contribution in [3.63, 3.8) is 0 Å². The molecule has 4 heteroatoms. The lowest BCUT2D eigenvalue weighted by Crippen LogP contribution is -2.21. The Kier molecular flexibility index (Phi) is 4.55. The molecule has 0 amide bonds. The highest BCUT2D eigenvalue weighted by molar-refractivity contribution is 8.14. The van der Waals surface area contributed by atoms with E-state index in [4.69, 9.17) is 0 Å². The molecule has 108 valence electrons. The van der Waals surface area contributed by atoms with Gasteiger partial charge in [0.25, 0.3) is 0 Å². The van der Waals surface area contributed by atoms with Gasteiger partial charge in [0.1, 0.15) is 5.82 Å². The summed E-state index contributed by atoms with van der Waals surface area (Å²) < 4.78 is 13.1. The third-order valence-electron chi connectivity index (χ3n) is 3.40. The van der Waals surface area contributed by atoms with E-state index in [9.17, 15) is 4.39 Å². The van der Waals surface area contributed by atoms with Crippen molar-refractivity contribution in [3.8, 4) is 0 Å². The number of thioether (sulfide) groups is 1. The lowest BCUT2D eigenvalue weighted by molar-refractivity contribution is 0.625. The fourth-order valence-corrected chi connectivity index (χ4v) is 3.37. The van der Waals surface area contributed by atoms with Crippen LogP contribution in [-0.2, 0) is 6.42 Å². The molecular weight excluding hydrogens is 283 g/mol. The van der Waals surface area contributed by atoms with Crippen LogP contribution in [0.4, 0.5) is 4.39 Å². The first-order valence-corrected chi connectivity index (χ1v) is 7.93. The predicted molar refractivity (Wildman–Crippen MR) is 87.2 cm³/mol. The Morgan fingerprint density at radius 1 is 1.14 bits per heavy atom. The minimum atomic E-state index is -0.177. The van der Waals surface area contributed by atoms with Gasteiger partial charge in [-0.15, -0.1) is 0 Å². The first-order valence-electron chi connectivity index (χ1n) is 7.05. The third kappa shape index (κ3) is 3.85. The standard InChI is InChI=1S/C17H17FN2S/c18-15-8-4-5-13(11-15)9-10-19-17-20-12-16(21-17)14-6-2-1-3-7-14/h1-8,11,16H,9-10,12H2,(H,19,20). The van der Waals surface area contributed by atoms with E-state index in [2.05, 4.69) is 34.6 Å². The minimum Gasteiger partial charge on any atom is -0.365 e. The Labute approximate surface area is 128 Å². The minimum absolute atomic E-state index is 0.177. The topological polar surface area (TPSA) is 24.4 Å². The van der Waals surface area contributed by atoms with Crippen LogP contribution in [0.3, 0.4) is 0 Å². The first kappa shape index (κ1) is 14.1. The number of benzene rings is 2. The summed E-state index contributed by atoms with van der Waals surface area (Å²) in [4.78, 5) is 4.54. The van der Waals surface area contributed by atoms with Crippen LogP contribution in [0.5, 0.6) is 0 Å². The Balaban J connectivity index is 1.47. The number of nitrogens with zero attached hydrogens (tertiary/aromatic N) is 1. The van der Waals surface area contributed by atoms with E-state index in [-0.39, 0.29) is 5.82 Å². The van der Waals surface area contributed by atoms with Crippen molar-refractivity contribution in [2.45, 2.75) is 11.7 Å². The van der Waals surface area contributed by atoms with Crippen LogP contribution >= 0.6 is 11.8 Å². The maximum absolute atomic E-state index is 13.1. The molecule has 0 radical (unpaired) electrons. The highest BCUT2D eigenvalue weighted by Gasteiger charge is 2.20. The van der Waals surface area contributed by atoms with Crippen LogP contribution in [-0.4, -0.2) is 18.3 Å². The van der Waals surface area contributed by atoms with Crippen molar-refractivity contribution >= 4 is 16.9 Å². The van der Waals surface area contributed by atoms with Gasteiger partial charge in [-0.2, -0.15) is 0 Å². The monoisotopic (exact) mass is 300 g/mol. The molecule has 1 heterocycles. The molecule has 2 aromatic rings. The van der Waals surface area contributed by atoms with E-state index in [1.54, 1.807) is 23.9 Å². The summed E-state index contributed by atoms with van der Waals surface area (Å²) in [6.45, 7) is 1.59. The van der Waals surface area contributed by atoms with Gasteiger partial charge in [0.2, 0.25) is 0 Å². The molecule has 0 aromatic heterocycles. The van der Waals surface area contributed by atoms with Crippen molar-refractivity contribution in [1.82, 2.24) is 5.32 Å². The van der Waals surface area contributed by atoms with Gasteiger partial charge in [-0.1, -0.05) is 54.2 Å². The van der Waals surface area contributed by atoms with Gasteiger partial charge in [-0.3, -0.25) is 4.99 Å². The molecule has 0 aliphatic carbocycles. The summed E-state index contributed by atoms with van der Waals surface area (Å²) in [5, 5.41) is 4.73. The van der Waals surface area contributed by atoms with Crippen LogP contribution in [0.2, 0.25) is 0 Å². The quantitative estimate of drug-likeness (QED) is 0.928. The van der Waals surface area contributed by atoms with Gasteiger partial charge in [0.05, 0.1) is 11.8 Å². The van der Waals surface area contributed by atoms with Gasteiger partial charge in [0, 0.05) is 6.54 Å². The molecule has 0 fully saturated rings. The van der Waals surface area contributed by atoms with E-state index in [1.165, 1.54) is 11.6 Å². The lowest BCUT2D eigenvalue weighted by atomic mass is 10.1. The second-order valence-electron chi connectivity index (χ2n) is 4.97. The highest BCUT2D eigenvalue weighted by Crippen LogP contribution is 2.34. The summed E-state index contributed by atoms with van der Waals surface area (Å²) in [5.41, 5.74) is 2.32. The van der Waals surface area contributed by atoms with Crippen molar-refractivity contribution in [1.29, 1.82) is 0 Å². The summed E-state index contributed by atoms with van der Waals surface area (Å²) >= 11 is 1.77. The number of nitrogens with one attached hydrogen (secondary N) is 1. The number of hydrogen-bond donors (Lipinski definition) is 1. The lowest BCUT2D eigenvalue weighted by Gasteiger charge is -2.09. The molecule has 1 atom stereocenters. The zero-order valence-electron chi connectivity index (χ0n) is 11.6. The predicted octanol–water partition coefficient (Wildman–Crippen LogP) is 3.80. The third-order valence-corrected chi connectivity index (χ3v) is 4.61. The van der Waals surface area contributed by atoms with Gasteiger partial charge in [0.15, 0.2) is 5.17 Å². The molecule has 0 saturated heterocycles. The molecule has 0 saturated carbocycles. The largest absolute Gasteiger partial charge is 0.365 e. The molecule has 1 unspecified atom stereocenters. The van der Waals surface area contributed by atoms with Crippen LogP contribution in [0.25, 0.3) is 0 Å². The number of rotatable bonds is 4. The van der Waals surface area contributed by atoms with Crippen molar-refractivity contribution < 1.29 is 4.39 Å². The smallest absolute Gasteiger partial charge is 0.157 e. The molecule has 1 aliphatic rings. The van der Waals surface area contributed by atoms with E-state index >= 15 is 0 Å². The molecule has 1 aliphatic heterocycles. The molecular formula is C17H17FN2S. The Morgan fingerprint density at radius 2 is 2.00 bits per heavy atom. The Hall–Kier alpha value is -1.81.